The highest BCUT2D eigenvalue weighted by Gasteiger charge is 2.21. The van der Waals surface area contributed by atoms with Gasteiger partial charge in [-0.05, 0) is 106 Å². The van der Waals surface area contributed by atoms with Crippen LogP contribution in [0.15, 0.2) is 243 Å². The molecule has 2 nitrogen and oxygen atoms in total. The third-order valence-corrected chi connectivity index (χ3v) is 13.6. The summed E-state index contributed by atoms with van der Waals surface area (Å²) in [5, 5.41) is 5.09. The third-order valence-electron chi connectivity index (χ3n) is 12.4. The van der Waals surface area contributed by atoms with E-state index in [0.29, 0.717) is 0 Å². The second-order valence-corrected chi connectivity index (χ2v) is 17.1. The Morgan fingerprint density at radius 1 is 0.317 bits per heavy atom. The number of hydrogen-bond donors (Lipinski definition) is 0. The van der Waals surface area contributed by atoms with E-state index >= 15 is 0 Å². The first-order valence-electron chi connectivity index (χ1n) is 21.5. The summed E-state index contributed by atoms with van der Waals surface area (Å²) in [6.07, 6.45) is 0. The number of fused-ring (bicyclic) bond motifs is 6. The van der Waals surface area contributed by atoms with Gasteiger partial charge in [-0.25, -0.2) is 0 Å². The Kier molecular flexibility index (Phi) is 9.06. The van der Waals surface area contributed by atoms with Gasteiger partial charge in [0.05, 0.1) is 22.4 Å². The summed E-state index contributed by atoms with van der Waals surface area (Å²) in [5.41, 5.74) is 16.5. The van der Waals surface area contributed by atoms with Gasteiger partial charge in [-0.2, -0.15) is 0 Å². The van der Waals surface area contributed by atoms with Crippen molar-refractivity contribution in [1.82, 2.24) is 4.57 Å². The molecule has 0 unspecified atom stereocenters. The maximum atomic E-state index is 2.47. The standard InChI is InChI=1S/C60H40N2S/c1-3-18-41(19-4-1)46-22-7-8-23-47(46)42-34-37-45(38-35-42)61(44-20-5-2-6-21-44)54-29-14-11-26-50(54)49-25-10-9-24-48(49)43-36-39-56-53(40-43)51-27-12-15-30-55(51)62(56)57-31-17-33-59-60(57)52-28-13-16-32-58(52)63-59/h1-40H. The molecule has 0 atom stereocenters. The van der Waals surface area contributed by atoms with Gasteiger partial charge in [-0.3, -0.25) is 0 Å². The van der Waals surface area contributed by atoms with Crippen LogP contribution in [-0.4, -0.2) is 4.57 Å². The molecule has 2 heterocycles. The van der Waals surface area contributed by atoms with Crippen LogP contribution in [0, 0.1) is 0 Å². The minimum Gasteiger partial charge on any atom is -0.310 e. The van der Waals surface area contributed by atoms with Crippen molar-refractivity contribution in [3.8, 4) is 50.2 Å². The number of benzene rings is 10. The highest BCUT2D eigenvalue weighted by Crippen LogP contribution is 2.46. The van der Waals surface area contributed by atoms with Crippen LogP contribution in [0.5, 0.6) is 0 Å². The number of thiophene rings is 1. The van der Waals surface area contributed by atoms with Crippen LogP contribution in [0.1, 0.15) is 0 Å². The highest BCUT2D eigenvalue weighted by atomic mass is 32.1. The highest BCUT2D eigenvalue weighted by molar-refractivity contribution is 7.25. The average molecular weight is 821 g/mol. The Labute approximate surface area is 370 Å². The maximum Gasteiger partial charge on any atom is 0.0555 e. The monoisotopic (exact) mass is 820 g/mol. The van der Waals surface area contributed by atoms with E-state index < -0.39 is 0 Å². The average Bonchev–Trinajstić information content (AvgIpc) is 3.91. The van der Waals surface area contributed by atoms with Crippen LogP contribution in [0.2, 0.25) is 0 Å². The number of para-hydroxylation sites is 3. The molecule has 0 saturated carbocycles. The molecule has 0 aliphatic heterocycles. The lowest BCUT2D eigenvalue weighted by Crippen LogP contribution is -2.11. The van der Waals surface area contributed by atoms with Crippen LogP contribution in [-0.2, 0) is 0 Å². The summed E-state index contributed by atoms with van der Waals surface area (Å²) in [4.78, 5) is 2.39. The van der Waals surface area contributed by atoms with E-state index in [1.54, 1.807) is 0 Å². The quantitative estimate of drug-likeness (QED) is 0.148. The molecule has 0 N–H and O–H groups in total. The van der Waals surface area contributed by atoms with Gasteiger partial charge in [0.1, 0.15) is 0 Å². The first kappa shape index (κ1) is 36.8. The summed E-state index contributed by atoms with van der Waals surface area (Å²) in [5.74, 6) is 0. The van der Waals surface area contributed by atoms with Gasteiger partial charge in [-0.1, -0.05) is 176 Å². The van der Waals surface area contributed by atoms with E-state index in [4.69, 9.17) is 0 Å². The van der Waals surface area contributed by atoms with Crippen molar-refractivity contribution in [2.45, 2.75) is 0 Å². The third kappa shape index (κ3) is 6.33. The summed E-state index contributed by atoms with van der Waals surface area (Å²) < 4.78 is 5.09. The SMILES string of the molecule is c1ccc(-c2ccccc2-c2ccc(N(c3ccccc3)c3ccccc3-c3ccccc3-c3ccc4c(c3)c3ccccc3n4-c3cccc4sc5ccccc5c34)cc2)cc1. The molecule has 0 spiro atoms. The molecule has 0 amide bonds. The molecule has 2 aromatic heterocycles. The van der Waals surface area contributed by atoms with Gasteiger partial charge >= 0.3 is 0 Å². The Morgan fingerprint density at radius 2 is 0.841 bits per heavy atom. The van der Waals surface area contributed by atoms with E-state index in [9.17, 15) is 0 Å². The lowest BCUT2D eigenvalue weighted by Gasteiger charge is -2.28. The van der Waals surface area contributed by atoms with Crippen molar-refractivity contribution in [1.29, 1.82) is 0 Å². The van der Waals surface area contributed by atoms with Crippen molar-refractivity contribution in [3.63, 3.8) is 0 Å². The van der Waals surface area contributed by atoms with Crippen LogP contribution in [0.3, 0.4) is 0 Å². The molecule has 0 aliphatic rings. The summed E-state index contributed by atoms with van der Waals surface area (Å²) in [6.45, 7) is 0. The maximum absolute atomic E-state index is 2.47. The van der Waals surface area contributed by atoms with Gasteiger partial charge in [-0.15, -0.1) is 11.3 Å². The minimum atomic E-state index is 1.09. The largest absolute Gasteiger partial charge is 0.310 e. The normalized spacial score (nSPS) is 11.5. The van der Waals surface area contributed by atoms with Crippen LogP contribution < -0.4 is 4.90 Å². The first-order valence-corrected chi connectivity index (χ1v) is 22.3. The smallest absolute Gasteiger partial charge is 0.0555 e. The van der Waals surface area contributed by atoms with Gasteiger partial charge in [0.25, 0.3) is 0 Å². The molecule has 0 aliphatic carbocycles. The van der Waals surface area contributed by atoms with Gasteiger partial charge in [0, 0.05) is 47.9 Å². The Balaban J connectivity index is 0.990. The number of hydrogen-bond acceptors (Lipinski definition) is 2. The molecule has 0 bridgehead atoms. The van der Waals surface area contributed by atoms with E-state index in [1.807, 2.05) is 11.3 Å². The molecule has 0 saturated heterocycles. The first-order chi connectivity index (χ1) is 31.3. The Hall–Kier alpha value is -7.98. The molecule has 3 heteroatoms. The van der Waals surface area contributed by atoms with Crippen molar-refractivity contribution in [2.75, 3.05) is 4.90 Å². The summed E-state index contributed by atoms with van der Waals surface area (Å²) >= 11 is 1.87. The lowest BCUT2D eigenvalue weighted by molar-refractivity contribution is 1.20. The molecular weight excluding hydrogens is 781 g/mol. The molecular formula is C60H40N2S. The molecule has 63 heavy (non-hydrogen) atoms. The van der Waals surface area contributed by atoms with E-state index in [0.717, 1.165) is 22.6 Å². The van der Waals surface area contributed by atoms with Crippen LogP contribution in [0.25, 0.3) is 92.2 Å². The number of aromatic nitrogens is 1. The zero-order chi connectivity index (χ0) is 41.7. The van der Waals surface area contributed by atoms with Crippen molar-refractivity contribution in [3.05, 3.63) is 243 Å². The fourth-order valence-corrected chi connectivity index (χ4v) is 10.7. The number of anilines is 3. The second kappa shape index (κ2) is 15.5. The topological polar surface area (TPSA) is 8.17 Å². The Morgan fingerprint density at radius 3 is 1.60 bits per heavy atom. The number of nitrogens with zero attached hydrogens (tertiary/aromatic N) is 2. The van der Waals surface area contributed by atoms with Gasteiger partial charge < -0.3 is 9.47 Å². The molecule has 12 aromatic rings. The van der Waals surface area contributed by atoms with Crippen LogP contribution in [0.4, 0.5) is 17.1 Å². The molecule has 0 fully saturated rings. The fourth-order valence-electron chi connectivity index (χ4n) is 9.61. The van der Waals surface area contributed by atoms with Crippen molar-refractivity contribution < 1.29 is 0 Å². The predicted octanol–water partition coefficient (Wildman–Crippen LogP) is 17.3. The molecule has 10 aromatic carbocycles. The zero-order valence-corrected chi connectivity index (χ0v) is 35.2. The number of rotatable bonds is 8. The summed E-state index contributed by atoms with van der Waals surface area (Å²) in [7, 11) is 0. The van der Waals surface area contributed by atoms with Gasteiger partial charge in [0.2, 0.25) is 0 Å². The van der Waals surface area contributed by atoms with E-state index in [1.165, 1.54) is 86.6 Å². The van der Waals surface area contributed by atoms with E-state index in [2.05, 4.69) is 252 Å². The molecule has 12 rings (SSSR count). The molecule has 0 radical (unpaired) electrons. The van der Waals surface area contributed by atoms with Crippen molar-refractivity contribution >= 4 is 70.4 Å². The predicted molar refractivity (Wildman–Crippen MR) is 270 cm³/mol. The van der Waals surface area contributed by atoms with Gasteiger partial charge in [0.15, 0.2) is 0 Å². The van der Waals surface area contributed by atoms with E-state index in [-0.39, 0.29) is 0 Å². The molecule has 296 valence electrons. The van der Waals surface area contributed by atoms with Crippen LogP contribution >= 0.6 is 11.3 Å². The van der Waals surface area contributed by atoms with Crippen molar-refractivity contribution in [2.24, 2.45) is 0 Å². The lowest BCUT2D eigenvalue weighted by atomic mass is 9.92. The zero-order valence-electron chi connectivity index (χ0n) is 34.4. The minimum absolute atomic E-state index is 1.09. The summed E-state index contributed by atoms with van der Waals surface area (Å²) in [6, 6.07) is 88.2. The fraction of sp³-hybridized carbons (Fsp3) is 0. The second-order valence-electron chi connectivity index (χ2n) is 16.0. The Bertz CT molecular complexity index is 3620.